The van der Waals surface area contributed by atoms with Crippen molar-refractivity contribution in [3.63, 3.8) is 0 Å². The first-order valence-corrected chi connectivity index (χ1v) is 7.31. The molecule has 0 spiro atoms. The number of hydrogen-bond acceptors (Lipinski definition) is 3. The minimum atomic E-state index is -0.329. The van der Waals surface area contributed by atoms with Crippen LogP contribution in [0.5, 0.6) is 5.75 Å². The number of rotatable bonds is 7. The van der Waals surface area contributed by atoms with Crippen molar-refractivity contribution < 1.29 is 14.2 Å². The second-order valence-electron chi connectivity index (χ2n) is 5.92. The van der Waals surface area contributed by atoms with Crippen molar-refractivity contribution in [3.8, 4) is 5.75 Å². The Kier molecular flexibility index (Phi) is 5.52. The van der Waals surface area contributed by atoms with E-state index in [1.54, 1.807) is 18.2 Å². The molecule has 0 saturated carbocycles. The van der Waals surface area contributed by atoms with Crippen molar-refractivity contribution >= 4 is 0 Å². The van der Waals surface area contributed by atoms with Gasteiger partial charge in [-0.15, -0.1) is 0 Å². The number of benzene rings is 2. The topological polar surface area (TPSA) is 41.5 Å². The average Bonchev–Trinajstić information content (AvgIpc) is 2.53. The van der Waals surface area contributed by atoms with Gasteiger partial charge in [-0.05, 0) is 37.6 Å². The Morgan fingerprint density at radius 2 is 1.91 bits per heavy atom. The zero-order valence-corrected chi connectivity index (χ0v) is 13.0. The smallest absolute Gasteiger partial charge is 0.129 e. The third-order valence-corrected chi connectivity index (χ3v) is 3.42. The SMILES string of the molecule is CC(C)(CO)NCc1cccc(OCc2ccccc2F)c1. The number of nitrogens with one attached hydrogen (secondary N) is 1. The van der Waals surface area contributed by atoms with Crippen molar-refractivity contribution in [1.82, 2.24) is 5.32 Å². The standard InChI is InChI=1S/C18H22FNO2/c1-18(2,13-21)20-11-14-6-5-8-16(10-14)22-12-15-7-3-4-9-17(15)19/h3-10,20-21H,11-13H2,1-2H3. The predicted molar refractivity (Wildman–Crippen MR) is 85.2 cm³/mol. The maximum atomic E-state index is 13.5. The maximum Gasteiger partial charge on any atom is 0.129 e. The lowest BCUT2D eigenvalue weighted by molar-refractivity contribution is 0.187. The summed E-state index contributed by atoms with van der Waals surface area (Å²) in [5, 5.41) is 12.5. The molecule has 0 fully saturated rings. The Labute approximate surface area is 130 Å². The summed E-state index contributed by atoms with van der Waals surface area (Å²) in [6.07, 6.45) is 0. The highest BCUT2D eigenvalue weighted by atomic mass is 19.1. The van der Waals surface area contributed by atoms with Gasteiger partial charge in [0.05, 0.1) is 6.61 Å². The van der Waals surface area contributed by atoms with Crippen LogP contribution < -0.4 is 10.1 Å². The van der Waals surface area contributed by atoms with Crippen LogP contribution in [0.1, 0.15) is 25.0 Å². The number of ether oxygens (including phenoxy) is 1. The van der Waals surface area contributed by atoms with Crippen LogP contribution in [-0.2, 0) is 13.2 Å². The quantitative estimate of drug-likeness (QED) is 0.825. The van der Waals surface area contributed by atoms with Crippen LogP contribution in [0.25, 0.3) is 0 Å². The van der Waals surface area contributed by atoms with Crippen molar-refractivity contribution in [2.45, 2.75) is 32.5 Å². The first-order valence-electron chi connectivity index (χ1n) is 7.31. The molecule has 2 rings (SSSR count). The van der Waals surface area contributed by atoms with Crippen LogP contribution >= 0.6 is 0 Å². The van der Waals surface area contributed by atoms with Crippen LogP contribution in [0.15, 0.2) is 48.5 Å². The summed E-state index contributed by atoms with van der Waals surface area (Å²) in [7, 11) is 0. The largest absolute Gasteiger partial charge is 0.489 e. The summed E-state index contributed by atoms with van der Waals surface area (Å²) in [5.41, 5.74) is 1.25. The van der Waals surface area contributed by atoms with Gasteiger partial charge in [-0.2, -0.15) is 0 Å². The van der Waals surface area contributed by atoms with E-state index >= 15 is 0 Å². The van der Waals surface area contributed by atoms with Gasteiger partial charge in [0.15, 0.2) is 0 Å². The number of aliphatic hydroxyl groups is 1. The fourth-order valence-corrected chi connectivity index (χ4v) is 1.92. The molecule has 4 heteroatoms. The van der Waals surface area contributed by atoms with Crippen LogP contribution in [0, 0.1) is 5.82 Å². The lowest BCUT2D eigenvalue weighted by atomic mass is 10.1. The molecule has 0 aliphatic heterocycles. The molecule has 0 heterocycles. The minimum absolute atomic E-state index is 0.0659. The highest BCUT2D eigenvalue weighted by Gasteiger charge is 2.14. The first-order chi connectivity index (χ1) is 10.5. The molecule has 0 saturated heterocycles. The van der Waals surface area contributed by atoms with Gasteiger partial charge in [0, 0.05) is 17.6 Å². The van der Waals surface area contributed by atoms with E-state index in [-0.39, 0.29) is 24.6 Å². The van der Waals surface area contributed by atoms with E-state index in [2.05, 4.69) is 5.32 Å². The Hall–Kier alpha value is -1.91. The van der Waals surface area contributed by atoms with Gasteiger partial charge in [-0.25, -0.2) is 4.39 Å². The normalized spacial score (nSPS) is 11.5. The van der Waals surface area contributed by atoms with Crippen LogP contribution in [0.3, 0.4) is 0 Å². The fraction of sp³-hybridized carbons (Fsp3) is 0.333. The van der Waals surface area contributed by atoms with Crippen molar-refractivity contribution in [1.29, 1.82) is 0 Å². The van der Waals surface area contributed by atoms with Gasteiger partial charge in [0.1, 0.15) is 18.2 Å². The van der Waals surface area contributed by atoms with Crippen LogP contribution in [0.2, 0.25) is 0 Å². The Bertz CT molecular complexity index is 614. The highest BCUT2D eigenvalue weighted by molar-refractivity contribution is 5.29. The first kappa shape index (κ1) is 16.5. The van der Waals surface area contributed by atoms with Gasteiger partial charge in [0.25, 0.3) is 0 Å². The van der Waals surface area contributed by atoms with E-state index in [0.717, 1.165) is 5.56 Å². The molecule has 0 atom stereocenters. The van der Waals surface area contributed by atoms with Crippen LogP contribution in [-0.4, -0.2) is 17.3 Å². The van der Waals surface area contributed by atoms with E-state index < -0.39 is 0 Å². The van der Waals surface area contributed by atoms with Crippen molar-refractivity contribution in [2.75, 3.05) is 6.61 Å². The second kappa shape index (κ2) is 7.38. The van der Waals surface area contributed by atoms with E-state index in [1.807, 2.05) is 38.1 Å². The molecule has 0 radical (unpaired) electrons. The molecule has 0 aliphatic carbocycles. The summed E-state index contributed by atoms with van der Waals surface area (Å²) in [6.45, 7) is 4.77. The van der Waals surface area contributed by atoms with Gasteiger partial charge in [-0.3, -0.25) is 0 Å². The summed E-state index contributed by atoms with van der Waals surface area (Å²) >= 11 is 0. The zero-order chi connectivity index (χ0) is 16.0. The monoisotopic (exact) mass is 303 g/mol. The lowest BCUT2D eigenvalue weighted by Crippen LogP contribution is -2.42. The molecule has 0 bridgehead atoms. The second-order valence-corrected chi connectivity index (χ2v) is 5.92. The molecule has 2 aromatic rings. The molecule has 3 nitrogen and oxygen atoms in total. The zero-order valence-electron chi connectivity index (χ0n) is 13.0. The lowest BCUT2D eigenvalue weighted by Gasteiger charge is -2.23. The Morgan fingerprint density at radius 1 is 1.14 bits per heavy atom. The molecule has 118 valence electrons. The Morgan fingerprint density at radius 3 is 2.64 bits per heavy atom. The van der Waals surface area contributed by atoms with Crippen molar-refractivity contribution in [2.24, 2.45) is 0 Å². The van der Waals surface area contributed by atoms with E-state index in [1.165, 1.54) is 6.07 Å². The third-order valence-electron chi connectivity index (χ3n) is 3.42. The number of aliphatic hydroxyl groups excluding tert-OH is 1. The molecule has 0 unspecified atom stereocenters. The highest BCUT2D eigenvalue weighted by Crippen LogP contribution is 2.17. The summed E-state index contributed by atoms with van der Waals surface area (Å²) in [4.78, 5) is 0. The Balaban J connectivity index is 1.95. The maximum absolute atomic E-state index is 13.5. The molecular weight excluding hydrogens is 281 g/mol. The predicted octanol–water partition coefficient (Wildman–Crippen LogP) is 3.27. The summed E-state index contributed by atoms with van der Waals surface area (Å²) in [6, 6.07) is 14.2. The van der Waals surface area contributed by atoms with E-state index in [0.29, 0.717) is 17.9 Å². The summed E-state index contributed by atoms with van der Waals surface area (Å²) in [5.74, 6) is 0.439. The molecule has 2 N–H and O–H groups in total. The van der Waals surface area contributed by atoms with Gasteiger partial charge < -0.3 is 15.2 Å². The molecule has 0 aromatic heterocycles. The molecular formula is C18H22FNO2. The number of halogens is 1. The average molecular weight is 303 g/mol. The summed E-state index contributed by atoms with van der Waals surface area (Å²) < 4.78 is 19.2. The van der Waals surface area contributed by atoms with E-state index in [4.69, 9.17) is 4.74 Å². The number of hydrogen-bond donors (Lipinski definition) is 2. The molecule has 0 aliphatic rings. The van der Waals surface area contributed by atoms with Gasteiger partial charge in [-0.1, -0.05) is 30.3 Å². The molecule has 0 amide bonds. The van der Waals surface area contributed by atoms with E-state index in [9.17, 15) is 9.50 Å². The van der Waals surface area contributed by atoms with Gasteiger partial charge in [0.2, 0.25) is 0 Å². The molecule has 22 heavy (non-hydrogen) atoms. The third kappa shape index (κ3) is 4.83. The fourth-order valence-electron chi connectivity index (χ4n) is 1.92. The van der Waals surface area contributed by atoms with Crippen molar-refractivity contribution in [3.05, 3.63) is 65.5 Å². The minimum Gasteiger partial charge on any atom is -0.489 e. The molecule has 2 aromatic carbocycles. The van der Waals surface area contributed by atoms with Crippen LogP contribution in [0.4, 0.5) is 4.39 Å². The van der Waals surface area contributed by atoms with Gasteiger partial charge >= 0.3 is 0 Å².